The average molecular weight is 178 g/mol. The van der Waals surface area contributed by atoms with Crippen molar-refractivity contribution in [2.24, 2.45) is 0 Å². The second-order valence-corrected chi connectivity index (χ2v) is 3.17. The van der Waals surface area contributed by atoms with Gasteiger partial charge in [-0.05, 0) is 6.07 Å². The van der Waals surface area contributed by atoms with Crippen LogP contribution >= 0.6 is 0 Å². The number of nitrogens with zero attached hydrogens (tertiary/aromatic N) is 2. The van der Waals surface area contributed by atoms with E-state index in [9.17, 15) is 4.79 Å². The van der Waals surface area contributed by atoms with E-state index in [-0.39, 0.29) is 5.56 Å². The lowest BCUT2D eigenvalue weighted by Gasteiger charge is -2.10. The van der Waals surface area contributed by atoms with Crippen molar-refractivity contribution in [1.29, 1.82) is 0 Å². The van der Waals surface area contributed by atoms with E-state index in [2.05, 4.69) is 4.98 Å². The highest BCUT2D eigenvalue weighted by atomic mass is 16.4. The maximum Gasteiger partial charge on any atom is 0.337 e. The van der Waals surface area contributed by atoms with Gasteiger partial charge < -0.3 is 10.0 Å². The minimum Gasteiger partial charge on any atom is -0.478 e. The van der Waals surface area contributed by atoms with E-state index in [1.807, 2.05) is 11.9 Å². The van der Waals surface area contributed by atoms with Crippen molar-refractivity contribution in [3.8, 4) is 0 Å². The van der Waals surface area contributed by atoms with E-state index >= 15 is 0 Å². The van der Waals surface area contributed by atoms with Gasteiger partial charge in [0.2, 0.25) is 0 Å². The number of aromatic nitrogens is 1. The quantitative estimate of drug-likeness (QED) is 0.690. The third-order valence-corrected chi connectivity index (χ3v) is 2.29. The predicted molar refractivity (Wildman–Crippen MR) is 48.2 cm³/mol. The van der Waals surface area contributed by atoms with Crippen LogP contribution < -0.4 is 4.90 Å². The number of carboxylic acids is 1. The Kier molecular flexibility index (Phi) is 1.69. The minimum atomic E-state index is -0.921. The van der Waals surface area contributed by atoms with Gasteiger partial charge in [0.05, 0.1) is 16.9 Å². The van der Waals surface area contributed by atoms with Crippen molar-refractivity contribution in [2.45, 2.75) is 6.42 Å². The molecular formula is C9H10N2O2. The van der Waals surface area contributed by atoms with Crippen LogP contribution in [0.4, 0.5) is 5.69 Å². The highest BCUT2D eigenvalue weighted by Crippen LogP contribution is 2.25. The van der Waals surface area contributed by atoms with Crippen molar-refractivity contribution >= 4 is 11.7 Å². The maximum absolute atomic E-state index is 10.6. The lowest BCUT2D eigenvalue weighted by molar-refractivity contribution is 0.0696. The van der Waals surface area contributed by atoms with Crippen molar-refractivity contribution in [2.75, 3.05) is 18.5 Å². The fourth-order valence-corrected chi connectivity index (χ4v) is 1.52. The van der Waals surface area contributed by atoms with Gasteiger partial charge in [-0.25, -0.2) is 4.79 Å². The van der Waals surface area contributed by atoms with Gasteiger partial charge in [0.15, 0.2) is 0 Å². The number of carboxylic acid groups (broad SMARTS) is 1. The molecule has 13 heavy (non-hydrogen) atoms. The van der Waals surface area contributed by atoms with E-state index in [0.717, 1.165) is 24.3 Å². The monoisotopic (exact) mass is 178 g/mol. The predicted octanol–water partition coefficient (Wildman–Crippen LogP) is 0.772. The summed E-state index contributed by atoms with van der Waals surface area (Å²) in [4.78, 5) is 16.8. The normalized spacial score (nSPS) is 14.4. The molecule has 0 aliphatic carbocycles. The lowest BCUT2D eigenvalue weighted by Crippen LogP contribution is -2.13. The molecule has 0 unspecified atom stereocenters. The van der Waals surface area contributed by atoms with Crippen LogP contribution in [0.1, 0.15) is 16.1 Å². The molecule has 0 spiro atoms. The number of anilines is 1. The summed E-state index contributed by atoms with van der Waals surface area (Å²) in [5.74, 6) is -0.921. The van der Waals surface area contributed by atoms with Crippen LogP contribution in [-0.4, -0.2) is 29.7 Å². The molecule has 0 aromatic carbocycles. The van der Waals surface area contributed by atoms with Crippen LogP contribution in [0.2, 0.25) is 0 Å². The number of aromatic carboxylic acids is 1. The first-order valence-electron chi connectivity index (χ1n) is 4.12. The number of hydrogen-bond donors (Lipinski definition) is 1. The Morgan fingerprint density at radius 3 is 3.15 bits per heavy atom. The standard InChI is InChI=1S/C9H10N2O2/c1-11-3-2-7-8(11)4-6(5-10-7)9(12)13/h4-5H,2-3H2,1H3,(H,12,13). The molecule has 1 N–H and O–H groups in total. The molecule has 1 aromatic heterocycles. The Morgan fingerprint density at radius 1 is 1.69 bits per heavy atom. The molecule has 0 radical (unpaired) electrons. The summed E-state index contributed by atoms with van der Waals surface area (Å²) >= 11 is 0. The van der Waals surface area contributed by atoms with Crippen molar-refractivity contribution in [3.63, 3.8) is 0 Å². The molecule has 1 aromatic rings. The molecule has 0 fully saturated rings. The maximum atomic E-state index is 10.6. The second kappa shape index (κ2) is 2.73. The van der Waals surface area contributed by atoms with Crippen LogP contribution in [0.25, 0.3) is 0 Å². The number of fused-ring (bicyclic) bond motifs is 1. The fraction of sp³-hybridized carbons (Fsp3) is 0.333. The van der Waals surface area contributed by atoms with Gasteiger partial charge in [-0.3, -0.25) is 4.98 Å². The van der Waals surface area contributed by atoms with E-state index < -0.39 is 5.97 Å². The summed E-state index contributed by atoms with van der Waals surface area (Å²) in [6, 6.07) is 1.68. The van der Waals surface area contributed by atoms with Gasteiger partial charge in [0, 0.05) is 26.2 Å². The minimum absolute atomic E-state index is 0.257. The van der Waals surface area contributed by atoms with Crippen LogP contribution in [0.15, 0.2) is 12.3 Å². The summed E-state index contributed by atoms with van der Waals surface area (Å²) in [6.45, 7) is 0.922. The average Bonchev–Trinajstić information content (AvgIpc) is 2.47. The first-order valence-corrected chi connectivity index (χ1v) is 4.12. The van der Waals surface area contributed by atoms with Crippen LogP contribution in [0, 0.1) is 0 Å². The summed E-state index contributed by atoms with van der Waals surface area (Å²) in [5.41, 5.74) is 2.19. The van der Waals surface area contributed by atoms with Gasteiger partial charge in [-0.15, -0.1) is 0 Å². The highest BCUT2D eigenvalue weighted by Gasteiger charge is 2.18. The summed E-state index contributed by atoms with van der Waals surface area (Å²) in [7, 11) is 1.94. The molecule has 0 bridgehead atoms. The van der Waals surface area contributed by atoms with E-state index in [1.165, 1.54) is 6.20 Å². The van der Waals surface area contributed by atoms with E-state index in [1.54, 1.807) is 6.07 Å². The van der Waals surface area contributed by atoms with Crippen LogP contribution in [0.5, 0.6) is 0 Å². The Labute approximate surface area is 75.8 Å². The van der Waals surface area contributed by atoms with E-state index in [0.29, 0.717) is 0 Å². The summed E-state index contributed by atoms with van der Waals surface area (Å²) in [6.07, 6.45) is 2.33. The Hall–Kier alpha value is -1.58. The molecule has 4 nitrogen and oxygen atoms in total. The molecule has 1 aliphatic heterocycles. The molecular weight excluding hydrogens is 168 g/mol. The zero-order valence-corrected chi connectivity index (χ0v) is 7.32. The molecule has 68 valence electrons. The number of carbonyl (C=O) groups is 1. The third-order valence-electron chi connectivity index (χ3n) is 2.29. The second-order valence-electron chi connectivity index (χ2n) is 3.17. The summed E-state index contributed by atoms with van der Waals surface area (Å²) in [5, 5.41) is 8.74. The number of pyridine rings is 1. The van der Waals surface area contributed by atoms with Gasteiger partial charge in [-0.1, -0.05) is 0 Å². The SMILES string of the molecule is CN1CCc2ncc(C(=O)O)cc21. The van der Waals surface area contributed by atoms with Crippen molar-refractivity contribution in [1.82, 2.24) is 4.98 Å². The molecule has 0 saturated carbocycles. The van der Waals surface area contributed by atoms with Crippen molar-refractivity contribution < 1.29 is 9.90 Å². The molecule has 2 rings (SSSR count). The topological polar surface area (TPSA) is 53.4 Å². The van der Waals surface area contributed by atoms with Crippen LogP contribution in [-0.2, 0) is 6.42 Å². The lowest BCUT2D eigenvalue weighted by atomic mass is 10.2. The summed E-state index contributed by atoms with van der Waals surface area (Å²) < 4.78 is 0. The number of hydrogen-bond acceptors (Lipinski definition) is 3. The van der Waals surface area contributed by atoms with Gasteiger partial charge in [0.1, 0.15) is 0 Å². The molecule has 0 saturated heterocycles. The molecule has 2 heterocycles. The highest BCUT2D eigenvalue weighted by molar-refractivity contribution is 5.88. The molecule has 0 amide bonds. The third kappa shape index (κ3) is 1.24. The first-order chi connectivity index (χ1) is 6.18. The van der Waals surface area contributed by atoms with E-state index in [4.69, 9.17) is 5.11 Å². The van der Waals surface area contributed by atoms with Crippen LogP contribution in [0.3, 0.4) is 0 Å². The first kappa shape index (κ1) is 8.04. The fourth-order valence-electron chi connectivity index (χ4n) is 1.52. The zero-order chi connectivity index (χ0) is 9.42. The number of likely N-dealkylation sites (N-methyl/N-ethyl adjacent to an activating group) is 1. The Balaban J connectivity index is 2.47. The zero-order valence-electron chi connectivity index (χ0n) is 7.32. The molecule has 0 atom stereocenters. The van der Waals surface area contributed by atoms with Crippen molar-refractivity contribution in [3.05, 3.63) is 23.5 Å². The van der Waals surface area contributed by atoms with Gasteiger partial charge in [-0.2, -0.15) is 0 Å². The smallest absolute Gasteiger partial charge is 0.337 e. The molecule has 1 aliphatic rings. The van der Waals surface area contributed by atoms with Gasteiger partial charge >= 0.3 is 5.97 Å². The largest absolute Gasteiger partial charge is 0.478 e. The van der Waals surface area contributed by atoms with Gasteiger partial charge in [0.25, 0.3) is 0 Å². The molecule has 4 heteroatoms. The Bertz CT molecular complexity index is 363. The number of rotatable bonds is 1. The Morgan fingerprint density at radius 2 is 2.46 bits per heavy atom.